The van der Waals surface area contributed by atoms with Gasteiger partial charge in [-0.1, -0.05) is 60.7 Å². The first kappa shape index (κ1) is 57.2. The molecule has 0 N–H and O–H groups in total. The highest BCUT2D eigenvalue weighted by molar-refractivity contribution is 7.81. The maximum atomic E-state index is 13.0. The number of benzene rings is 3. The third-order valence-corrected chi connectivity index (χ3v) is 26.9. The predicted octanol–water partition coefficient (Wildman–Crippen LogP) is 13.4. The summed E-state index contributed by atoms with van der Waals surface area (Å²) in [6, 6.07) is 19.7. The van der Waals surface area contributed by atoms with Gasteiger partial charge in [0.05, 0.1) is 47.8 Å². The van der Waals surface area contributed by atoms with Gasteiger partial charge in [-0.05, 0) is 143 Å². The largest absolute Gasteiger partial charge is 0.860 e. The van der Waals surface area contributed by atoms with Crippen molar-refractivity contribution in [2.75, 3.05) is 12.3 Å². The zero-order valence-electron chi connectivity index (χ0n) is 40.2. The zero-order chi connectivity index (χ0) is 48.9. The SMILES string of the molecule is CC(C)(C)[P+](CC(=O)c1ccccc1)(C(C)(C)C)C(C)(C)C.CC(C)(C)[P+](CC(=O)c1ccccc1)(C(C)(C)C)C(C)(C)C.[O-]B([O-])Oc1cc(C(F)(F)F)cc(C(F)(F)F)c1. The molecular formula is C48H71BF6O5P2. The maximum Gasteiger partial charge on any atom is 0.416 e. The molecule has 0 amide bonds. The Balaban J connectivity index is 0.000000468. The van der Waals surface area contributed by atoms with Gasteiger partial charge in [0.15, 0.2) is 11.6 Å². The van der Waals surface area contributed by atoms with Crippen LogP contribution in [0.25, 0.3) is 0 Å². The summed E-state index contributed by atoms with van der Waals surface area (Å²) < 4.78 is 77.5. The Morgan fingerprint density at radius 3 is 0.903 bits per heavy atom. The molecule has 348 valence electrons. The lowest BCUT2D eigenvalue weighted by Crippen LogP contribution is -2.50. The molecule has 0 radical (unpaired) electrons. The highest BCUT2D eigenvalue weighted by Gasteiger charge is 2.66. The summed E-state index contributed by atoms with van der Waals surface area (Å²) in [5, 5.41) is 21.0. The van der Waals surface area contributed by atoms with Gasteiger partial charge < -0.3 is 14.7 Å². The number of rotatable bonds is 8. The summed E-state index contributed by atoms with van der Waals surface area (Å²) in [6.45, 7) is 41.9. The van der Waals surface area contributed by atoms with E-state index in [4.69, 9.17) is 0 Å². The number of hydrogen-bond acceptors (Lipinski definition) is 5. The lowest BCUT2D eigenvalue weighted by atomic mass is 10.1. The average Bonchev–Trinajstić information content (AvgIpc) is 3.06. The highest BCUT2D eigenvalue weighted by Crippen LogP contribution is 2.84. The molecule has 0 heterocycles. The number of halogens is 6. The molecule has 3 rings (SSSR count). The van der Waals surface area contributed by atoms with Crippen molar-refractivity contribution in [1.82, 2.24) is 0 Å². The van der Waals surface area contributed by atoms with Gasteiger partial charge in [0.2, 0.25) is 0 Å². The lowest BCUT2D eigenvalue weighted by Gasteiger charge is -2.54. The number of alkyl halides is 6. The molecule has 0 bridgehead atoms. The van der Waals surface area contributed by atoms with Crippen molar-refractivity contribution in [3.63, 3.8) is 0 Å². The summed E-state index contributed by atoms with van der Waals surface area (Å²) >= 11 is 0. The molecule has 0 aliphatic heterocycles. The van der Waals surface area contributed by atoms with Crippen LogP contribution in [0.4, 0.5) is 26.3 Å². The molecule has 0 aliphatic rings. The standard InChI is InChI=1S/2C20H34OP.C8H3BF6O3/c2*1-18(2,3)22(19(4,5)6,20(7,8)9)15-17(21)16-13-11-10-12-14-16;10-7(11,12)4-1-5(8(13,14)15)3-6(2-4)18-9(16)17/h2*10-14H,15H2,1-9H3;1-3H/q2*+1;-2. The van der Waals surface area contributed by atoms with Crippen LogP contribution in [0.2, 0.25) is 0 Å². The molecule has 0 fully saturated rings. The van der Waals surface area contributed by atoms with Crippen LogP contribution in [-0.2, 0) is 12.4 Å². The van der Waals surface area contributed by atoms with Gasteiger partial charge in [0, 0.05) is 25.7 Å². The van der Waals surface area contributed by atoms with E-state index in [0.717, 1.165) is 11.1 Å². The summed E-state index contributed by atoms with van der Waals surface area (Å²) in [5.74, 6) is -0.477. The Kier molecular flexibility index (Phi) is 18.6. The fourth-order valence-electron chi connectivity index (χ4n) is 10.4. The second-order valence-electron chi connectivity index (χ2n) is 21.7. The van der Waals surface area contributed by atoms with Gasteiger partial charge in [-0.15, -0.1) is 0 Å². The van der Waals surface area contributed by atoms with Crippen LogP contribution in [-0.4, -0.2) is 62.1 Å². The Hall–Kier alpha value is -2.78. The molecule has 0 saturated carbocycles. The third-order valence-electron chi connectivity index (χ3n) is 11.6. The van der Waals surface area contributed by atoms with Crippen LogP contribution in [0, 0.1) is 0 Å². The fraction of sp³-hybridized carbons (Fsp3) is 0.583. The van der Waals surface area contributed by atoms with E-state index in [1.54, 1.807) is 0 Å². The van der Waals surface area contributed by atoms with Crippen molar-refractivity contribution in [3.8, 4) is 5.75 Å². The Bertz CT molecular complexity index is 1700. The zero-order valence-corrected chi connectivity index (χ0v) is 42.0. The second kappa shape index (κ2) is 20.2. The first-order valence-corrected chi connectivity index (χ1v) is 24.6. The number of carbonyl (C=O) groups excluding carboxylic acids is 2. The highest BCUT2D eigenvalue weighted by atomic mass is 31.2. The number of carbonyl (C=O) groups is 2. The van der Waals surface area contributed by atoms with E-state index in [0.29, 0.717) is 23.9 Å². The van der Waals surface area contributed by atoms with Gasteiger partial charge in [-0.2, -0.15) is 26.3 Å². The number of ketones is 2. The fourth-order valence-corrected chi connectivity index (χ4v) is 26.6. The van der Waals surface area contributed by atoms with E-state index in [-0.39, 0.29) is 49.1 Å². The van der Waals surface area contributed by atoms with Gasteiger partial charge >= 0.3 is 12.4 Å². The van der Waals surface area contributed by atoms with E-state index < -0.39 is 51.1 Å². The molecule has 14 heteroatoms. The molecule has 62 heavy (non-hydrogen) atoms. The van der Waals surface area contributed by atoms with Crippen LogP contribution in [0.3, 0.4) is 0 Å². The van der Waals surface area contributed by atoms with Gasteiger partial charge in [0.25, 0.3) is 0 Å². The smallest absolute Gasteiger partial charge is 0.416 e. The molecule has 3 aromatic carbocycles. The van der Waals surface area contributed by atoms with E-state index in [1.165, 1.54) is 0 Å². The molecule has 0 unspecified atom stereocenters. The van der Waals surface area contributed by atoms with Crippen LogP contribution >= 0.6 is 14.5 Å². The van der Waals surface area contributed by atoms with E-state index in [2.05, 4.69) is 129 Å². The average molecular weight is 915 g/mol. The van der Waals surface area contributed by atoms with Crippen LogP contribution in [0.5, 0.6) is 5.75 Å². The Labute approximate surface area is 370 Å². The van der Waals surface area contributed by atoms with Crippen molar-refractivity contribution in [3.05, 3.63) is 101 Å². The predicted molar refractivity (Wildman–Crippen MR) is 246 cm³/mol. The minimum atomic E-state index is -5.05. The summed E-state index contributed by atoms with van der Waals surface area (Å²) in [4.78, 5) is 26.1. The van der Waals surface area contributed by atoms with Crippen LogP contribution in [0.1, 0.15) is 156 Å². The van der Waals surface area contributed by atoms with Crippen LogP contribution in [0.15, 0.2) is 78.9 Å². The molecule has 0 aromatic heterocycles. The van der Waals surface area contributed by atoms with Crippen molar-refractivity contribution in [2.45, 2.75) is 168 Å². The first-order chi connectivity index (χ1) is 27.5. The normalized spacial score (nSPS) is 13.6. The monoisotopic (exact) mass is 914 g/mol. The van der Waals surface area contributed by atoms with E-state index >= 15 is 0 Å². The van der Waals surface area contributed by atoms with Crippen molar-refractivity contribution < 1.29 is 50.6 Å². The van der Waals surface area contributed by atoms with Crippen LogP contribution < -0.4 is 14.7 Å². The Morgan fingerprint density at radius 2 is 0.710 bits per heavy atom. The van der Waals surface area contributed by atoms with Gasteiger partial charge in [0.1, 0.15) is 19.6 Å². The molecule has 0 atom stereocenters. The van der Waals surface area contributed by atoms with Crippen molar-refractivity contribution in [1.29, 1.82) is 0 Å². The topological polar surface area (TPSA) is 89.5 Å². The van der Waals surface area contributed by atoms with Gasteiger partial charge in [-0.25, -0.2) is 0 Å². The summed E-state index contributed by atoms with van der Waals surface area (Å²) in [6.07, 6.45) is -8.73. The number of Topliss-reactive ketones (excluding diaryl/α,β-unsaturated/α-hetero) is 2. The minimum Gasteiger partial charge on any atom is -0.860 e. The minimum absolute atomic E-state index is 0.133. The van der Waals surface area contributed by atoms with E-state index in [9.17, 15) is 46.0 Å². The Morgan fingerprint density at radius 1 is 0.468 bits per heavy atom. The molecule has 0 spiro atoms. The molecule has 5 nitrogen and oxygen atoms in total. The second-order valence-corrected chi connectivity index (χ2v) is 33.6. The first-order valence-electron chi connectivity index (χ1n) is 20.7. The molecule has 0 aliphatic carbocycles. The number of hydrogen-bond donors (Lipinski definition) is 0. The quantitative estimate of drug-likeness (QED) is 0.0972. The lowest BCUT2D eigenvalue weighted by molar-refractivity contribution is -0.372. The van der Waals surface area contributed by atoms with Crippen molar-refractivity contribution in [2.24, 2.45) is 0 Å². The summed E-state index contributed by atoms with van der Waals surface area (Å²) in [5.41, 5.74) is -1.62. The summed E-state index contributed by atoms with van der Waals surface area (Å²) in [7, 11) is -6.26. The van der Waals surface area contributed by atoms with E-state index in [1.807, 2.05) is 60.7 Å². The maximum absolute atomic E-state index is 13.0. The molecular weight excluding hydrogens is 843 g/mol. The van der Waals surface area contributed by atoms with Gasteiger partial charge in [-0.3, -0.25) is 9.59 Å². The third kappa shape index (κ3) is 14.1. The van der Waals surface area contributed by atoms with Crippen molar-refractivity contribution >= 4 is 33.4 Å². The molecule has 3 aromatic rings. The molecule has 0 saturated heterocycles.